The zero-order chi connectivity index (χ0) is 47.0. The van der Waals surface area contributed by atoms with E-state index in [1.807, 2.05) is 30.3 Å². The molecule has 364 valence electrons. The number of esters is 2. The molecule has 1 aromatic carbocycles. The van der Waals surface area contributed by atoms with Gasteiger partial charge in [0.1, 0.15) is 12.7 Å². The van der Waals surface area contributed by atoms with E-state index in [0.29, 0.717) is 49.4 Å². The molecule has 2 aliphatic rings. The standard InChI is InChI=1S/C52H76N4O10/c1-3-5-6-7-8-9-10-11-12-13-14-15-16-20-25-32-63-37-41(36-57)65-47(59)29-22-19-17-18-21-28-46(58)53-30-31-54-51(62)66-52(4-2)43-34-45-48-40(33-39-26-23-24-27-44(39)55-48)35-56(45)49(60)42(43)38-64-50(52)61/h23-24,26-27,33-34,41,57H,3-22,25,28-32,35-38H2,1-2H3,(H,53,58)(H,54,62)/t41-,52-/m0/s1. The van der Waals surface area contributed by atoms with E-state index in [1.165, 1.54) is 83.5 Å². The fourth-order valence-corrected chi connectivity index (χ4v) is 8.98. The number of rotatable bonds is 33. The third kappa shape index (κ3) is 15.6. The van der Waals surface area contributed by atoms with Crippen LogP contribution in [-0.2, 0) is 52.1 Å². The van der Waals surface area contributed by atoms with Crippen LogP contribution in [0.25, 0.3) is 22.3 Å². The van der Waals surface area contributed by atoms with Crippen LogP contribution in [0.15, 0.2) is 41.2 Å². The van der Waals surface area contributed by atoms with Gasteiger partial charge in [-0.05, 0) is 43.9 Å². The molecule has 0 radical (unpaired) electrons. The largest absolute Gasteiger partial charge is 0.457 e. The summed E-state index contributed by atoms with van der Waals surface area (Å²) in [4.78, 5) is 69.8. The van der Waals surface area contributed by atoms with Crippen LogP contribution in [0.3, 0.4) is 0 Å². The summed E-state index contributed by atoms with van der Waals surface area (Å²) in [5, 5.41) is 16.0. The van der Waals surface area contributed by atoms with E-state index in [0.717, 1.165) is 48.6 Å². The Bertz CT molecular complexity index is 2070. The molecular formula is C52H76N4O10. The van der Waals surface area contributed by atoms with Crippen LogP contribution in [0.2, 0.25) is 0 Å². The van der Waals surface area contributed by atoms with Crippen molar-refractivity contribution >= 4 is 34.8 Å². The number of fused-ring (bicyclic) bond motifs is 5. The molecule has 14 heteroatoms. The van der Waals surface area contributed by atoms with Gasteiger partial charge in [0.05, 0.1) is 42.2 Å². The van der Waals surface area contributed by atoms with Crippen LogP contribution in [0, 0.1) is 0 Å². The lowest BCUT2D eigenvalue weighted by Crippen LogP contribution is -2.49. The topological polar surface area (TPSA) is 184 Å². The molecule has 5 rings (SSSR count). The lowest BCUT2D eigenvalue weighted by molar-refractivity contribution is -0.172. The van der Waals surface area contributed by atoms with E-state index in [-0.39, 0.29) is 68.8 Å². The molecule has 2 aromatic heterocycles. The molecule has 3 N–H and O–H groups in total. The lowest BCUT2D eigenvalue weighted by atomic mass is 9.85. The Hall–Kier alpha value is -4.82. The number of nitrogens with one attached hydrogen (secondary N) is 2. The van der Waals surface area contributed by atoms with Crippen LogP contribution in [-0.4, -0.2) is 77.6 Å². The Balaban J connectivity index is 0.874. The summed E-state index contributed by atoms with van der Waals surface area (Å²) in [6.07, 6.45) is 22.5. The van der Waals surface area contributed by atoms with E-state index in [2.05, 4.69) is 17.6 Å². The first-order valence-corrected chi connectivity index (χ1v) is 25.2. The van der Waals surface area contributed by atoms with Gasteiger partial charge in [-0.25, -0.2) is 14.6 Å². The zero-order valence-corrected chi connectivity index (χ0v) is 39.8. The van der Waals surface area contributed by atoms with Gasteiger partial charge in [-0.1, -0.05) is 141 Å². The normalized spacial score (nSPS) is 15.4. The molecule has 2 atom stereocenters. The molecule has 4 heterocycles. The van der Waals surface area contributed by atoms with E-state index in [1.54, 1.807) is 17.6 Å². The third-order valence-electron chi connectivity index (χ3n) is 12.9. The summed E-state index contributed by atoms with van der Waals surface area (Å²) in [5.74, 6) is -1.26. The summed E-state index contributed by atoms with van der Waals surface area (Å²) < 4.78 is 24.0. The van der Waals surface area contributed by atoms with E-state index >= 15 is 0 Å². The number of hydrogen-bond acceptors (Lipinski definition) is 11. The average Bonchev–Trinajstić information content (AvgIpc) is 3.68. The molecular weight excluding hydrogens is 841 g/mol. The lowest BCUT2D eigenvalue weighted by Gasteiger charge is -2.35. The number of para-hydroxylation sites is 1. The minimum absolute atomic E-state index is 0.0350. The van der Waals surface area contributed by atoms with Gasteiger partial charge in [0.15, 0.2) is 0 Å². The van der Waals surface area contributed by atoms with Crippen molar-refractivity contribution in [3.63, 3.8) is 0 Å². The van der Waals surface area contributed by atoms with Crippen LogP contribution in [0.5, 0.6) is 0 Å². The average molecular weight is 917 g/mol. The molecule has 14 nitrogen and oxygen atoms in total. The maximum Gasteiger partial charge on any atom is 0.408 e. The van der Waals surface area contributed by atoms with Gasteiger partial charge >= 0.3 is 18.0 Å². The van der Waals surface area contributed by atoms with Crippen molar-refractivity contribution in [3.05, 3.63) is 63.4 Å². The smallest absolute Gasteiger partial charge is 0.408 e. The van der Waals surface area contributed by atoms with Gasteiger partial charge in [0.25, 0.3) is 5.56 Å². The maximum absolute atomic E-state index is 13.8. The number of alkyl carbamates (subject to hydrolysis) is 1. The molecule has 0 saturated heterocycles. The van der Waals surface area contributed by atoms with Gasteiger partial charge in [-0.15, -0.1) is 0 Å². The molecule has 2 amide bonds. The van der Waals surface area contributed by atoms with E-state index in [9.17, 15) is 29.1 Å². The molecule has 0 fully saturated rings. The number of pyridine rings is 2. The van der Waals surface area contributed by atoms with Gasteiger partial charge in [0.2, 0.25) is 11.5 Å². The summed E-state index contributed by atoms with van der Waals surface area (Å²) >= 11 is 0. The highest BCUT2D eigenvalue weighted by atomic mass is 16.6. The van der Waals surface area contributed by atoms with Gasteiger partial charge in [0, 0.05) is 49.1 Å². The quantitative estimate of drug-likeness (QED) is 0.0235. The number of aromatic nitrogens is 2. The molecule has 3 aromatic rings. The number of aliphatic hydroxyl groups excluding tert-OH is 1. The highest BCUT2D eigenvalue weighted by Gasteiger charge is 2.50. The van der Waals surface area contributed by atoms with Crippen molar-refractivity contribution in [2.75, 3.05) is 32.9 Å². The first kappa shape index (κ1) is 52.2. The first-order valence-electron chi connectivity index (χ1n) is 25.2. The number of amides is 2. The van der Waals surface area contributed by atoms with E-state index < -0.39 is 23.8 Å². The van der Waals surface area contributed by atoms with E-state index in [4.69, 9.17) is 23.9 Å². The highest BCUT2D eigenvalue weighted by molar-refractivity contribution is 5.88. The van der Waals surface area contributed by atoms with Crippen molar-refractivity contribution in [1.82, 2.24) is 20.2 Å². The van der Waals surface area contributed by atoms with Crippen LogP contribution in [0.4, 0.5) is 4.79 Å². The number of carbonyl (C=O) groups excluding carboxylic acids is 4. The van der Waals surface area contributed by atoms with Crippen LogP contribution < -0.4 is 16.2 Å². The minimum Gasteiger partial charge on any atom is -0.457 e. The second-order valence-corrected chi connectivity index (χ2v) is 18.0. The van der Waals surface area contributed by atoms with Crippen molar-refractivity contribution in [1.29, 1.82) is 0 Å². The Morgan fingerprint density at radius 2 is 1.42 bits per heavy atom. The van der Waals surface area contributed by atoms with Crippen molar-refractivity contribution in [2.45, 2.75) is 186 Å². The number of unbranched alkanes of at least 4 members (excludes halogenated alkanes) is 18. The minimum atomic E-state index is -1.84. The molecule has 0 unspecified atom stereocenters. The second kappa shape index (κ2) is 28.4. The van der Waals surface area contributed by atoms with Crippen molar-refractivity contribution in [3.8, 4) is 11.4 Å². The number of cyclic esters (lactones) is 1. The predicted molar refractivity (Wildman–Crippen MR) is 255 cm³/mol. The Labute approximate surface area is 391 Å². The number of benzene rings is 1. The maximum atomic E-state index is 13.8. The van der Waals surface area contributed by atoms with Gasteiger partial charge < -0.3 is 39.3 Å². The van der Waals surface area contributed by atoms with Crippen LogP contribution >= 0.6 is 0 Å². The molecule has 66 heavy (non-hydrogen) atoms. The number of nitrogens with zero attached hydrogens (tertiary/aromatic N) is 2. The third-order valence-corrected chi connectivity index (χ3v) is 12.9. The first-order chi connectivity index (χ1) is 32.2. The zero-order valence-electron chi connectivity index (χ0n) is 39.8. The Morgan fingerprint density at radius 3 is 2.09 bits per heavy atom. The number of aliphatic hydroxyl groups is 1. The van der Waals surface area contributed by atoms with Gasteiger partial charge in [-0.3, -0.25) is 14.4 Å². The molecule has 0 aliphatic carbocycles. The molecule has 0 spiro atoms. The summed E-state index contributed by atoms with van der Waals surface area (Å²) in [6.45, 7) is 4.80. The molecule has 0 bridgehead atoms. The van der Waals surface area contributed by atoms with Crippen molar-refractivity contribution < 1.29 is 43.2 Å². The predicted octanol–water partition coefficient (Wildman–Crippen LogP) is 9.45. The molecule has 2 aliphatic heterocycles. The molecule has 0 saturated carbocycles. The summed E-state index contributed by atoms with van der Waals surface area (Å²) in [7, 11) is 0. The summed E-state index contributed by atoms with van der Waals surface area (Å²) in [6, 6.07) is 11.4. The van der Waals surface area contributed by atoms with Crippen LogP contribution in [0.1, 0.15) is 178 Å². The van der Waals surface area contributed by atoms with Crippen molar-refractivity contribution in [2.24, 2.45) is 0 Å². The fourth-order valence-electron chi connectivity index (χ4n) is 8.98. The number of carbonyl (C=O) groups is 4. The second-order valence-electron chi connectivity index (χ2n) is 18.0. The Kier molecular flexibility index (Phi) is 22.4. The fraction of sp³-hybridized carbons (Fsp3) is 0.654. The monoisotopic (exact) mass is 917 g/mol. The van der Waals surface area contributed by atoms with Gasteiger partial charge in [-0.2, -0.15) is 0 Å². The highest BCUT2D eigenvalue weighted by Crippen LogP contribution is 2.41. The SMILES string of the molecule is CCCCCCCCCCCCCCCCCOC[C@H](CO)OC(=O)CCCCCCCC(=O)NCCNC(=O)O[C@]1(CC)C(=O)OCc2c1cc1n(c2=O)Cc2cc3ccccc3nc2-1. The summed E-state index contributed by atoms with van der Waals surface area (Å²) in [5.41, 5.74) is 1.24. The Morgan fingerprint density at radius 1 is 0.803 bits per heavy atom. The number of hydrogen-bond donors (Lipinski definition) is 3. The number of ether oxygens (including phenoxy) is 4.